The fourth-order valence-corrected chi connectivity index (χ4v) is 2.70. The highest BCUT2D eigenvalue weighted by atomic mass is 16.7. The van der Waals surface area contributed by atoms with Gasteiger partial charge in [-0.05, 0) is 6.92 Å². The Bertz CT molecular complexity index is 765. The fourth-order valence-electron chi connectivity index (χ4n) is 2.70. The minimum Gasteiger partial charge on any atom is -0.390 e. The van der Waals surface area contributed by atoms with Crippen LogP contribution in [0.25, 0.3) is 0 Å². The lowest BCUT2D eigenvalue weighted by Gasteiger charge is -2.51. The zero-order valence-electron chi connectivity index (χ0n) is 14.5. The van der Waals surface area contributed by atoms with Crippen LogP contribution in [-0.2, 0) is 47.8 Å². The van der Waals surface area contributed by atoms with Crippen LogP contribution < -0.4 is 11.5 Å². The average molecular weight is 398 g/mol. The number of carbonyl (C=O) groups is 8. The van der Waals surface area contributed by atoms with Crippen LogP contribution in [0.1, 0.15) is 6.92 Å². The molecule has 4 amide bonds. The number of nitrogens with two attached hydrogens (primary N) is 2. The van der Waals surface area contributed by atoms with E-state index in [0.717, 1.165) is 9.80 Å². The molecular formula is C14H14N4O10. The molecule has 2 spiro atoms. The maximum absolute atomic E-state index is 11.4. The number of hydrogen-bond donors (Lipinski definition) is 2. The molecule has 14 nitrogen and oxygen atoms in total. The number of ether oxygens (including phenoxy) is 2. The van der Waals surface area contributed by atoms with Crippen molar-refractivity contribution in [3.8, 4) is 0 Å². The summed E-state index contributed by atoms with van der Waals surface area (Å²) in [7, 11) is 1.26. The molecule has 0 aromatic carbocycles. The molecule has 4 N–H and O–H groups in total. The molecule has 0 radical (unpaired) electrons. The van der Waals surface area contributed by atoms with Crippen LogP contribution in [-0.4, -0.2) is 77.6 Å². The van der Waals surface area contributed by atoms with E-state index in [1.54, 1.807) is 6.92 Å². The van der Waals surface area contributed by atoms with Gasteiger partial charge < -0.3 is 20.9 Å². The van der Waals surface area contributed by atoms with Gasteiger partial charge in [0.25, 0.3) is 29.0 Å². The van der Waals surface area contributed by atoms with E-state index in [1.165, 1.54) is 7.05 Å². The van der Waals surface area contributed by atoms with Crippen LogP contribution in [0.5, 0.6) is 0 Å². The van der Waals surface area contributed by atoms with Gasteiger partial charge in [-0.3, -0.25) is 29.0 Å². The average Bonchev–Trinajstić information content (AvgIpc) is 2.63. The fraction of sp³-hybridized carbons (Fsp3) is 0.429. The molecule has 150 valence electrons. The van der Waals surface area contributed by atoms with Gasteiger partial charge in [0.1, 0.15) is 0 Å². The minimum absolute atomic E-state index is 0.198. The van der Waals surface area contributed by atoms with Crippen molar-refractivity contribution in [1.29, 1.82) is 0 Å². The number of amides is 4. The number of esters is 4. The van der Waals surface area contributed by atoms with Crippen molar-refractivity contribution in [2.75, 3.05) is 20.3 Å². The molecule has 4 aliphatic heterocycles. The SMILES string of the molecule is CCN1C(=O)C2(C(=O)N(C)C2=O)C1=O.NCN.O=C1OC(=O)C12C(=O)OC2=O. The summed E-state index contributed by atoms with van der Waals surface area (Å²) in [5, 5.41) is 0. The summed E-state index contributed by atoms with van der Waals surface area (Å²) in [5.41, 5.74) is 5.05. The van der Waals surface area contributed by atoms with Crippen LogP contribution in [0, 0.1) is 10.8 Å². The zero-order valence-corrected chi connectivity index (χ0v) is 14.5. The topological polar surface area (TPSA) is 214 Å². The summed E-state index contributed by atoms with van der Waals surface area (Å²) >= 11 is 0. The molecular weight excluding hydrogens is 384 g/mol. The first-order valence-electron chi connectivity index (χ1n) is 7.63. The van der Waals surface area contributed by atoms with E-state index >= 15 is 0 Å². The van der Waals surface area contributed by atoms with Crippen molar-refractivity contribution in [3.63, 3.8) is 0 Å². The van der Waals surface area contributed by atoms with Crippen molar-refractivity contribution < 1.29 is 47.8 Å². The third-order valence-corrected chi connectivity index (χ3v) is 4.29. The third kappa shape index (κ3) is 2.09. The Hall–Kier alpha value is -3.52. The number of imide groups is 2. The second-order valence-electron chi connectivity index (χ2n) is 5.61. The van der Waals surface area contributed by atoms with Gasteiger partial charge in [0.2, 0.25) is 0 Å². The number of β-lactam (4-membered cyclic amide) rings is 4. The molecule has 4 saturated heterocycles. The first-order chi connectivity index (χ1) is 13.0. The Morgan fingerprint density at radius 2 is 1.04 bits per heavy atom. The maximum Gasteiger partial charge on any atom is 0.357 e. The summed E-state index contributed by atoms with van der Waals surface area (Å²) in [5.74, 6) is -7.32. The summed E-state index contributed by atoms with van der Waals surface area (Å²) in [6.07, 6.45) is 0. The van der Waals surface area contributed by atoms with E-state index in [4.69, 9.17) is 0 Å². The predicted octanol–water partition coefficient (Wildman–Crippen LogP) is -4.64. The van der Waals surface area contributed by atoms with Crippen molar-refractivity contribution in [1.82, 2.24) is 9.80 Å². The van der Waals surface area contributed by atoms with Crippen LogP contribution in [0.15, 0.2) is 0 Å². The Morgan fingerprint density at radius 1 is 0.714 bits per heavy atom. The highest BCUT2D eigenvalue weighted by Gasteiger charge is 2.80. The summed E-state index contributed by atoms with van der Waals surface area (Å²) in [4.78, 5) is 89.1. The smallest absolute Gasteiger partial charge is 0.357 e. The Morgan fingerprint density at radius 3 is 1.25 bits per heavy atom. The number of hydrogen-bond acceptors (Lipinski definition) is 12. The Balaban J connectivity index is 0.000000180. The van der Waals surface area contributed by atoms with Gasteiger partial charge >= 0.3 is 29.3 Å². The molecule has 4 heterocycles. The minimum atomic E-state index is -2.22. The molecule has 0 aliphatic carbocycles. The van der Waals surface area contributed by atoms with Crippen molar-refractivity contribution in [2.24, 2.45) is 22.3 Å². The van der Waals surface area contributed by atoms with E-state index in [-0.39, 0.29) is 13.2 Å². The highest BCUT2D eigenvalue weighted by molar-refractivity contribution is 6.52. The summed E-state index contributed by atoms with van der Waals surface area (Å²) in [6.45, 7) is 2.06. The molecule has 14 heteroatoms. The normalized spacial score (nSPS) is 22.7. The van der Waals surface area contributed by atoms with Crippen molar-refractivity contribution in [2.45, 2.75) is 6.92 Å². The monoisotopic (exact) mass is 398 g/mol. The van der Waals surface area contributed by atoms with Crippen LogP contribution in [0.2, 0.25) is 0 Å². The second-order valence-corrected chi connectivity index (χ2v) is 5.61. The van der Waals surface area contributed by atoms with Crippen LogP contribution in [0.3, 0.4) is 0 Å². The zero-order chi connectivity index (χ0) is 21.6. The van der Waals surface area contributed by atoms with Gasteiger partial charge in [0, 0.05) is 20.3 Å². The highest BCUT2D eigenvalue weighted by Crippen LogP contribution is 2.43. The number of cyclic esters (lactones) is 4. The molecule has 0 bridgehead atoms. The molecule has 4 fully saturated rings. The number of rotatable bonds is 1. The van der Waals surface area contributed by atoms with Gasteiger partial charge in [0.05, 0.1) is 0 Å². The number of carbonyl (C=O) groups excluding carboxylic acids is 8. The molecule has 4 aliphatic rings. The summed E-state index contributed by atoms with van der Waals surface area (Å²) < 4.78 is 7.68. The van der Waals surface area contributed by atoms with Crippen molar-refractivity contribution >= 4 is 47.5 Å². The van der Waals surface area contributed by atoms with Crippen molar-refractivity contribution in [3.05, 3.63) is 0 Å². The van der Waals surface area contributed by atoms with E-state index in [2.05, 4.69) is 20.9 Å². The first-order valence-corrected chi connectivity index (χ1v) is 7.63. The first kappa shape index (κ1) is 20.8. The predicted molar refractivity (Wildman–Crippen MR) is 80.5 cm³/mol. The van der Waals surface area contributed by atoms with Gasteiger partial charge in [-0.15, -0.1) is 0 Å². The lowest BCUT2D eigenvalue weighted by molar-refractivity contribution is -0.224. The van der Waals surface area contributed by atoms with Gasteiger partial charge in [-0.2, -0.15) is 0 Å². The lowest BCUT2D eigenvalue weighted by atomic mass is 9.69. The second kappa shape index (κ2) is 6.58. The van der Waals surface area contributed by atoms with Gasteiger partial charge in [0.15, 0.2) is 0 Å². The van der Waals surface area contributed by atoms with Crippen LogP contribution >= 0.6 is 0 Å². The quantitative estimate of drug-likeness (QED) is 0.185. The Labute approximate surface area is 155 Å². The molecule has 0 unspecified atom stereocenters. The molecule has 0 saturated carbocycles. The van der Waals surface area contributed by atoms with E-state index in [1.807, 2.05) is 0 Å². The standard InChI is InChI=1S/C8H8N2O4.C5O6.CH6N2/c1-3-10-6(13)8(7(10)14)4(11)9(2)5(8)12;6-1-5(2(7)10-1)3(8)11-4(5)9;2-1-3/h3H2,1-2H3;;1-3H2. The van der Waals surface area contributed by atoms with E-state index < -0.39 is 58.3 Å². The summed E-state index contributed by atoms with van der Waals surface area (Å²) in [6, 6.07) is 0. The van der Waals surface area contributed by atoms with Gasteiger partial charge in [-0.1, -0.05) is 0 Å². The van der Waals surface area contributed by atoms with E-state index in [9.17, 15) is 38.4 Å². The molecule has 4 rings (SSSR count). The number of likely N-dealkylation sites (tertiary alicyclic amines) is 2. The van der Waals surface area contributed by atoms with E-state index in [0.29, 0.717) is 0 Å². The lowest BCUT2D eigenvalue weighted by Crippen LogP contribution is -2.83. The Kier molecular flexibility index (Phi) is 4.88. The molecule has 28 heavy (non-hydrogen) atoms. The molecule has 0 aromatic heterocycles. The van der Waals surface area contributed by atoms with Crippen LogP contribution in [0.4, 0.5) is 0 Å². The number of nitrogens with zero attached hydrogens (tertiary/aromatic N) is 2. The molecule has 0 aromatic rings. The largest absolute Gasteiger partial charge is 0.390 e. The molecule has 0 atom stereocenters. The maximum atomic E-state index is 11.4. The third-order valence-electron chi connectivity index (χ3n) is 4.29. The van der Waals surface area contributed by atoms with Gasteiger partial charge in [-0.25, -0.2) is 19.2 Å².